The zero-order chi connectivity index (χ0) is 19.8. The molecule has 0 unspecified atom stereocenters. The third kappa shape index (κ3) is 3.26. The van der Waals surface area contributed by atoms with Crippen molar-refractivity contribution in [1.29, 1.82) is 0 Å². The van der Waals surface area contributed by atoms with Crippen LogP contribution < -0.4 is 10.5 Å². The van der Waals surface area contributed by atoms with Gasteiger partial charge in [-0.3, -0.25) is 0 Å². The van der Waals surface area contributed by atoms with Crippen LogP contribution in [0.2, 0.25) is 0 Å². The van der Waals surface area contributed by atoms with Crippen molar-refractivity contribution < 1.29 is 4.74 Å². The van der Waals surface area contributed by atoms with Gasteiger partial charge in [0.05, 0.1) is 11.2 Å². The molecule has 4 nitrogen and oxygen atoms in total. The molecule has 0 spiro atoms. The number of hydrogen-bond acceptors (Lipinski definition) is 4. The Labute approximate surface area is 165 Å². The number of nitrogens with two attached hydrogens (primary N) is 1. The van der Waals surface area contributed by atoms with E-state index in [0.717, 1.165) is 28.1 Å². The van der Waals surface area contributed by atoms with E-state index in [9.17, 15) is 0 Å². The second kappa shape index (κ2) is 7.12. The molecule has 4 aromatic rings. The van der Waals surface area contributed by atoms with Crippen molar-refractivity contribution >= 4 is 27.6 Å². The van der Waals surface area contributed by atoms with Crippen LogP contribution in [0.3, 0.4) is 0 Å². The van der Waals surface area contributed by atoms with Gasteiger partial charge in [0.25, 0.3) is 0 Å². The van der Waals surface area contributed by atoms with Crippen molar-refractivity contribution in [1.82, 2.24) is 9.97 Å². The van der Waals surface area contributed by atoms with Gasteiger partial charge < -0.3 is 10.5 Å². The predicted octanol–water partition coefficient (Wildman–Crippen LogP) is 6.40. The van der Waals surface area contributed by atoms with Gasteiger partial charge in [0.15, 0.2) is 0 Å². The Bertz CT molecular complexity index is 1170. The first-order valence-corrected chi connectivity index (χ1v) is 9.70. The molecule has 1 heterocycles. The summed E-state index contributed by atoms with van der Waals surface area (Å²) in [7, 11) is 0. The Morgan fingerprint density at radius 1 is 0.821 bits per heavy atom. The topological polar surface area (TPSA) is 61.0 Å². The fourth-order valence-corrected chi connectivity index (χ4v) is 3.74. The summed E-state index contributed by atoms with van der Waals surface area (Å²) in [5.41, 5.74) is 8.87. The predicted molar refractivity (Wildman–Crippen MR) is 116 cm³/mol. The fourth-order valence-electron chi connectivity index (χ4n) is 3.74. The number of aromatic nitrogens is 2. The molecule has 4 heteroatoms. The summed E-state index contributed by atoms with van der Waals surface area (Å²) in [5.74, 6) is 2.56. The van der Waals surface area contributed by atoms with Crippen LogP contribution in [0, 0.1) is 0 Å². The van der Waals surface area contributed by atoms with Crippen molar-refractivity contribution in [2.75, 3.05) is 5.73 Å². The number of anilines is 1. The first-order chi connectivity index (χ1) is 13.4. The Morgan fingerprint density at radius 3 is 2.36 bits per heavy atom. The van der Waals surface area contributed by atoms with E-state index >= 15 is 0 Å². The van der Waals surface area contributed by atoms with Gasteiger partial charge in [-0.25, -0.2) is 9.97 Å². The van der Waals surface area contributed by atoms with Gasteiger partial charge in [0.2, 0.25) is 5.95 Å². The fraction of sp³-hybridized carbons (Fsp3) is 0.250. The normalized spacial score (nSPS) is 11.6. The van der Waals surface area contributed by atoms with E-state index in [1.807, 2.05) is 18.2 Å². The number of fused-ring (bicyclic) bond motifs is 2. The number of benzene rings is 3. The average molecular weight is 371 g/mol. The number of nitrogen functional groups attached to an aromatic ring is 1. The highest BCUT2D eigenvalue weighted by molar-refractivity contribution is 5.88. The second-order valence-corrected chi connectivity index (χ2v) is 7.76. The lowest BCUT2D eigenvalue weighted by molar-refractivity contribution is 0.475. The monoisotopic (exact) mass is 371 g/mol. The molecule has 28 heavy (non-hydrogen) atoms. The Balaban J connectivity index is 1.83. The number of hydrogen-bond donors (Lipinski definition) is 1. The SMILES string of the molecule is CC(C)c1c(Oc2ccc3nc(N)nc(C(C)C)c3c2)ccc2ccccc12. The highest BCUT2D eigenvalue weighted by atomic mass is 16.5. The number of ether oxygens (including phenoxy) is 1. The average Bonchev–Trinajstić information content (AvgIpc) is 2.67. The van der Waals surface area contributed by atoms with Crippen molar-refractivity contribution in [3.05, 3.63) is 65.9 Å². The highest BCUT2D eigenvalue weighted by Crippen LogP contribution is 2.37. The van der Waals surface area contributed by atoms with Crippen molar-refractivity contribution in [3.63, 3.8) is 0 Å². The lowest BCUT2D eigenvalue weighted by atomic mass is 9.95. The van der Waals surface area contributed by atoms with E-state index in [-0.39, 0.29) is 5.92 Å². The largest absolute Gasteiger partial charge is 0.457 e. The van der Waals surface area contributed by atoms with Gasteiger partial charge in [-0.15, -0.1) is 0 Å². The smallest absolute Gasteiger partial charge is 0.220 e. The minimum absolute atomic E-state index is 0.245. The lowest BCUT2D eigenvalue weighted by Gasteiger charge is -2.17. The molecule has 0 radical (unpaired) electrons. The summed E-state index contributed by atoms with van der Waals surface area (Å²) < 4.78 is 6.37. The van der Waals surface area contributed by atoms with Crippen LogP contribution in [0.1, 0.15) is 50.8 Å². The van der Waals surface area contributed by atoms with E-state index < -0.39 is 0 Å². The molecular formula is C24H25N3O. The minimum atomic E-state index is 0.245. The Morgan fingerprint density at radius 2 is 1.61 bits per heavy atom. The summed E-state index contributed by atoms with van der Waals surface area (Å²) in [6, 6.07) is 18.5. The summed E-state index contributed by atoms with van der Waals surface area (Å²) in [4.78, 5) is 8.81. The van der Waals surface area contributed by atoms with Gasteiger partial charge in [-0.2, -0.15) is 0 Å². The van der Waals surface area contributed by atoms with Gasteiger partial charge in [0.1, 0.15) is 11.5 Å². The van der Waals surface area contributed by atoms with Gasteiger partial charge in [0, 0.05) is 10.9 Å². The molecule has 0 saturated heterocycles. The molecule has 1 aromatic heterocycles. The van der Waals surface area contributed by atoms with E-state index in [1.54, 1.807) is 0 Å². The summed E-state index contributed by atoms with van der Waals surface area (Å²) in [6.07, 6.45) is 0. The van der Waals surface area contributed by atoms with E-state index in [1.165, 1.54) is 16.3 Å². The Hall–Kier alpha value is -3.14. The zero-order valence-electron chi connectivity index (χ0n) is 16.7. The first-order valence-electron chi connectivity index (χ1n) is 9.70. The van der Waals surface area contributed by atoms with Crippen LogP contribution in [0.5, 0.6) is 11.5 Å². The third-order valence-corrected chi connectivity index (χ3v) is 5.00. The molecule has 0 bridgehead atoms. The minimum Gasteiger partial charge on any atom is -0.457 e. The zero-order valence-corrected chi connectivity index (χ0v) is 16.7. The first kappa shape index (κ1) is 18.2. The second-order valence-electron chi connectivity index (χ2n) is 7.76. The Kier molecular flexibility index (Phi) is 4.63. The summed E-state index contributed by atoms with van der Waals surface area (Å²) in [5, 5.41) is 3.44. The van der Waals surface area contributed by atoms with Gasteiger partial charge >= 0.3 is 0 Å². The van der Waals surface area contributed by atoms with E-state index in [2.05, 4.69) is 74.1 Å². The molecule has 142 valence electrons. The lowest BCUT2D eigenvalue weighted by Crippen LogP contribution is -2.02. The molecule has 0 atom stereocenters. The molecule has 0 amide bonds. The third-order valence-electron chi connectivity index (χ3n) is 5.00. The van der Waals surface area contributed by atoms with Crippen molar-refractivity contribution in [2.24, 2.45) is 0 Å². The van der Waals surface area contributed by atoms with Crippen LogP contribution in [0.4, 0.5) is 5.95 Å². The van der Waals surface area contributed by atoms with E-state index in [0.29, 0.717) is 11.9 Å². The summed E-state index contributed by atoms with van der Waals surface area (Å²) >= 11 is 0. The molecule has 0 fully saturated rings. The van der Waals surface area contributed by atoms with Crippen LogP contribution in [0.15, 0.2) is 54.6 Å². The molecule has 0 aliphatic heterocycles. The number of nitrogens with zero attached hydrogens (tertiary/aromatic N) is 2. The molecule has 0 saturated carbocycles. The maximum absolute atomic E-state index is 6.37. The molecule has 4 rings (SSSR count). The maximum atomic E-state index is 6.37. The van der Waals surface area contributed by atoms with Crippen LogP contribution in [-0.4, -0.2) is 9.97 Å². The van der Waals surface area contributed by atoms with Crippen LogP contribution in [0.25, 0.3) is 21.7 Å². The van der Waals surface area contributed by atoms with Crippen LogP contribution in [-0.2, 0) is 0 Å². The quantitative estimate of drug-likeness (QED) is 0.450. The molecule has 0 aliphatic carbocycles. The molecule has 3 aromatic carbocycles. The van der Waals surface area contributed by atoms with E-state index in [4.69, 9.17) is 10.5 Å². The molecule has 0 aliphatic rings. The highest BCUT2D eigenvalue weighted by Gasteiger charge is 2.15. The van der Waals surface area contributed by atoms with Crippen molar-refractivity contribution in [2.45, 2.75) is 39.5 Å². The molecule has 2 N–H and O–H groups in total. The molecular weight excluding hydrogens is 346 g/mol. The summed E-state index contributed by atoms with van der Waals surface area (Å²) in [6.45, 7) is 8.61. The van der Waals surface area contributed by atoms with Crippen molar-refractivity contribution in [3.8, 4) is 11.5 Å². The maximum Gasteiger partial charge on any atom is 0.220 e. The standard InChI is InChI=1S/C24H25N3O/c1-14(2)22-18-8-6-5-7-16(18)9-12-21(22)28-17-10-11-20-19(13-17)23(15(3)4)27-24(25)26-20/h5-15H,1-4H3,(H2,25,26,27). The van der Waals surface area contributed by atoms with Gasteiger partial charge in [-0.05, 0) is 46.9 Å². The van der Waals surface area contributed by atoms with Crippen LogP contribution >= 0.6 is 0 Å². The number of rotatable bonds is 4. The van der Waals surface area contributed by atoms with Gasteiger partial charge in [-0.1, -0.05) is 58.0 Å².